The number of benzene rings is 1. The van der Waals surface area contributed by atoms with Gasteiger partial charge in [0.15, 0.2) is 0 Å². The Morgan fingerprint density at radius 2 is 1.71 bits per heavy atom. The summed E-state index contributed by atoms with van der Waals surface area (Å²) in [4.78, 5) is 29.5. The van der Waals surface area contributed by atoms with E-state index in [0.717, 1.165) is 11.1 Å². The monoisotopic (exact) mass is 422 g/mol. The van der Waals surface area contributed by atoms with Crippen molar-refractivity contribution in [2.45, 2.75) is 18.5 Å². The summed E-state index contributed by atoms with van der Waals surface area (Å²) in [6, 6.07) is 11.5. The molecule has 0 aliphatic carbocycles. The highest BCUT2D eigenvalue weighted by atomic mass is 19.1. The number of hydrazine groups is 1. The molecule has 2 unspecified atom stereocenters. The fourth-order valence-electron chi connectivity index (χ4n) is 4.25. The lowest BCUT2D eigenvalue weighted by Crippen LogP contribution is -2.54. The first kappa shape index (κ1) is 19.7. The van der Waals surface area contributed by atoms with E-state index >= 15 is 0 Å². The standard InChI is InChI=1S/C22H23FN6O2/c23-16-6-4-15(5-7-16)18-13-19(26-25-18)22(31)28-11-9-27(10-12-28)21(30)17-14-24-29-8-2-1-3-20(17)29/h1-8,14,18-19,25-26H,9-13H2. The van der Waals surface area contributed by atoms with E-state index in [9.17, 15) is 14.0 Å². The number of aromatic nitrogens is 2. The first-order chi connectivity index (χ1) is 15.1. The van der Waals surface area contributed by atoms with Crippen LogP contribution in [0, 0.1) is 5.82 Å². The van der Waals surface area contributed by atoms with Gasteiger partial charge >= 0.3 is 0 Å². The summed E-state index contributed by atoms with van der Waals surface area (Å²) in [7, 11) is 0. The second-order valence-corrected chi connectivity index (χ2v) is 7.89. The van der Waals surface area contributed by atoms with Crippen LogP contribution < -0.4 is 10.9 Å². The van der Waals surface area contributed by atoms with E-state index in [0.29, 0.717) is 38.2 Å². The first-order valence-electron chi connectivity index (χ1n) is 10.4. The minimum Gasteiger partial charge on any atom is -0.338 e. The number of hydrogen-bond acceptors (Lipinski definition) is 5. The van der Waals surface area contributed by atoms with Gasteiger partial charge in [0.1, 0.15) is 11.9 Å². The van der Waals surface area contributed by atoms with Crippen LogP contribution in [0.1, 0.15) is 28.4 Å². The molecule has 2 saturated heterocycles. The fourth-order valence-corrected chi connectivity index (χ4v) is 4.25. The van der Waals surface area contributed by atoms with E-state index in [1.807, 2.05) is 24.4 Å². The van der Waals surface area contributed by atoms with Gasteiger partial charge in [-0.3, -0.25) is 9.59 Å². The Hall–Kier alpha value is -3.30. The zero-order valence-electron chi connectivity index (χ0n) is 16.9. The van der Waals surface area contributed by atoms with Gasteiger partial charge in [-0.1, -0.05) is 18.2 Å². The number of fused-ring (bicyclic) bond motifs is 1. The van der Waals surface area contributed by atoms with Crippen LogP contribution in [0.4, 0.5) is 4.39 Å². The van der Waals surface area contributed by atoms with Crippen LogP contribution in [0.15, 0.2) is 54.9 Å². The molecule has 2 N–H and O–H groups in total. The minimum atomic E-state index is -0.350. The highest BCUT2D eigenvalue weighted by molar-refractivity contribution is 6.00. The second kappa shape index (κ2) is 8.09. The van der Waals surface area contributed by atoms with Gasteiger partial charge < -0.3 is 9.80 Å². The Morgan fingerprint density at radius 1 is 0.968 bits per heavy atom. The molecule has 2 aliphatic rings. The molecular weight excluding hydrogens is 399 g/mol. The molecule has 5 rings (SSSR count). The van der Waals surface area contributed by atoms with Crippen LogP contribution in [0.25, 0.3) is 5.52 Å². The molecule has 31 heavy (non-hydrogen) atoms. The quantitative estimate of drug-likeness (QED) is 0.666. The second-order valence-electron chi connectivity index (χ2n) is 7.89. The van der Waals surface area contributed by atoms with Crippen molar-refractivity contribution in [1.82, 2.24) is 30.3 Å². The minimum absolute atomic E-state index is 0.0141. The zero-order valence-corrected chi connectivity index (χ0v) is 16.9. The van der Waals surface area contributed by atoms with Crippen molar-refractivity contribution in [3.05, 3.63) is 71.8 Å². The predicted molar refractivity (Wildman–Crippen MR) is 111 cm³/mol. The van der Waals surface area contributed by atoms with Crippen molar-refractivity contribution in [3.8, 4) is 0 Å². The Bertz CT molecular complexity index is 1110. The average Bonchev–Trinajstić information content (AvgIpc) is 3.46. The highest BCUT2D eigenvalue weighted by Gasteiger charge is 2.35. The normalized spacial score (nSPS) is 21.6. The summed E-state index contributed by atoms with van der Waals surface area (Å²) in [5.41, 5.74) is 8.49. The summed E-state index contributed by atoms with van der Waals surface area (Å²) < 4.78 is 14.8. The van der Waals surface area contributed by atoms with E-state index in [-0.39, 0.29) is 29.7 Å². The molecule has 1 aromatic carbocycles. The summed E-state index contributed by atoms with van der Waals surface area (Å²) in [6.45, 7) is 1.94. The molecule has 2 aromatic heterocycles. The van der Waals surface area contributed by atoms with Gasteiger partial charge in [-0.2, -0.15) is 5.10 Å². The van der Waals surface area contributed by atoms with Gasteiger partial charge in [-0.25, -0.2) is 19.8 Å². The van der Waals surface area contributed by atoms with Crippen LogP contribution in [-0.2, 0) is 4.79 Å². The lowest BCUT2D eigenvalue weighted by atomic mass is 10.0. The lowest BCUT2D eigenvalue weighted by molar-refractivity contribution is -0.134. The molecule has 9 heteroatoms. The number of piperazine rings is 1. The maximum atomic E-state index is 13.1. The van der Waals surface area contributed by atoms with Gasteiger partial charge in [0.05, 0.1) is 17.3 Å². The van der Waals surface area contributed by atoms with E-state index < -0.39 is 0 Å². The number of nitrogens with zero attached hydrogens (tertiary/aromatic N) is 4. The molecule has 2 aliphatic heterocycles. The number of pyridine rings is 1. The summed E-state index contributed by atoms with van der Waals surface area (Å²) >= 11 is 0. The number of rotatable bonds is 3. The molecule has 8 nitrogen and oxygen atoms in total. The number of carbonyl (C=O) groups is 2. The lowest BCUT2D eigenvalue weighted by Gasteiger charge is -2.35. The van der Waals surface area contributed by atoms with Gasteiger partial charge in [0.2, 0.25) is 5.91 Å². The molecule has 3 aromatic rings. The molecule has 4 heterocycles. The van der Waals surface area contributed by atoms with Crippen molar-refractivity contribution >= 4 is 17.3 Å². The number of amides is 2. The Kier molecular flexibility index (Phi) is 5.13. The van der Waals surface area contributed by atoms with E-state index in [1.165, 1.54) is 12.1 Å². The van der Waals surface area contributed by atoms with Gasteiger partial charge in [-0.15, -0.1) is 0 Å². The van der Waals surface area contributed by atoms with Crippen molar-refractivity contribution in [2.75, 3.05) is 26.2 Å². The molecular formula is C22H23FN6O2. The third-order valence-electron chi connectivity index (χ3n) is 6.01. The molecule has 0 bridgehead atoms. The first-order valence-corrected chi connectivity index (χ1v) is 10.4. The van der Waals surface area contributed by atoms with E-state index in [1.54, 1.807) is 32.6 Å². The fraction of sp³-hybridized carbons (Fsp3) is 0.318. The van der Waals surface area contributed by atoms with Crippen molar-refractivity contribution in [3.63, 3.8) is 0 Å². The maximum absolute atomic E-state index is 13.1. The van der Waals surface area contributed by atoms with Gasteiger partial charge in [0, 0.05) is 38.4 Å². The Balaban J connectivity index is 1.18. The molecule has 2 fully saturated rings. The van der Waals surface area contributed by atoms with Crippen molar-refractivity contribution in [2.24, 2.45) is 0 Å². The van der Waals surface area contributed by atoms with Gasteiger partial charge in [0.25, 0.3) is 5.91 Å². The molecule has 0 spiro atoms. The smallest absolute Gasteiger partial charge is 0.257 e. The largest absolute Gasteiger partial charge is 0.338 e. The highest BCUT2D eigenvalue weighted by Crippen LogP contribution is 2.24. The van der Waals surface area contributed by atoms with E-state index in [4.69, 9.17) is 0 Å². The average molecular weight is 422 g/mol. The Morgan fingerprint density at radius 3 is 2.48 bits per heavy atom. The van der Waals surface area contributed by atoms with Crippen molar-refractivity contribution < 1.29 is 14.0 Å². The van der Waals surface area contributed by atoms with Gasteiger partial charge in [-0.05, 0) is 36.2 Å². The predicted octanol–water partition coefficient (Wildman–Crippen LogP) is 1.37. The number of hydrogen-bond donors (Lipinski definition) is 2. The van der Waals surface area contributed by atoms with Crippen LogP contribution in [0.3, 0.4) is 0 Å². The third-order valence-corrected chi connectivity index (χ3v) is 6.01. The van der Waals surface area contributed by atoms with Crippen LogP contribution >= 0.6 is 0 Å². The van der Waals surface area contributed by atoms with Crippen LogP contribution in [0.5, 0.6) is 0 Å². The zero-order chi connectivity index (χ0) is 21.4. The molecule has 0 saturated carbocycles. The summed E-state index contributed by atoms with van der Waals surface area (Å²) in [5.74, 6) is -0.329. The molecule has 160 valence electrons. The van der Waals surface area contributed by atoms with E-state index in [2.05, 4.69) is 16.0 Å². The maximum Gasteiger partial charge on any atom is 0.257 e. The summed E-state index contributed by atoms with van der Waals surface area (Å²) in [6.07, 6.45) is 4.00. The molecule has 2 atom stereocenters. The SMILES string of the molecule is O=C(c1cnn2ccccc12)N1CCN(C(=O)C2CC(c3ccc(F)cc3)NN2)CC1. The topological polar surface area (TPSA) is 82.0 Å². The van der Waals surface area contributed by atoms with Crippen LogP contribution in [-0.4, -0.2) is 63.4 Å². The number of halogens is 1. The summed E-state index contributed by atoms with van der Waals surface area (Å²) in [5, 5.41) is 4.24. The molecule has 2 amide bonds. The number of carbonyl (C=O) groups excluding carboxylic acids is 2. The van der Waals surface area contributed by atoms with Crippen molar-refractivity contribution in [1.29, 1.82) is 0 Å². The number of nitrogens with one attached hydrogen (secondary N) is 2. The third kappa shape index (κ3) is 3.77. The Labute approximate surface area is 178 Å². The molecule has 0 radical (unpaired) electrons. The van der Waals surface area contributed by atoms with Crippen LogP contribution in [0.2, 0.25) is 0 Å².